The molecule has 0 aliphatic rings. The number of nitrogens with zero attached hydrogens (tertiary/aromatic N) is 1. The van der Waals surface area contributed by atoms with Gasteiger partial charge in [-0.3, -0.25) is 4.99 Å². The third-order valence-electron chi connectivity index (χ3n) is 2.62. The van der Waals surface area contributed by atoms with Gasteiger partial charge in [-0.05, 0) is 19.1 Å². The van der Waals surface area contributed by atoms with Crippen LogP contribution in [0, 0.1) is 29.1 Å². The molecule has 2 aromatic rings. The molecule has 2 aromatic carbocycles. The number of aliphatic imine (C=N–C) groups is 1. The highest BCUT2D eigenvalue weighted by molar-refractivity contribution is 6.00. The van der Waals surface area contributed by atoms with Crippen LogP contribution in [0.1, 0.15) is 12.5 Å². The molecule has 6 heteroatoms. The Morgan fingerprint density at radius 1 is 0.750 bits per heavy atom. The first-order valence-electron chi connectivity index (χ1n) is 5.55. The Kier molecular flexibility index (Phi) is 3.83. The van der Waals surface area contributed by atoms with Crippen molar-refractivity contribution in [3.63, 3.8) is 0 Å². The smallest absolute Gasteiger partial charge is 0.200 e. The van der Waals surface area contributed by atoms with Gasteiger partial charge in [0.15, 0.2) is 23.3 Å². The molecule has 0 atom stereocenters. The molecule has 0 aromatic heterocycles. The van der Waals surface area contributed by atoms with E-state index in [4.69, 9.17) is 0 Å². The minimum absolute atomic E-state index is 0.302. The summed E-state index contributed by atoms with van der Waals surface area (Å²) >= 11 is 0. The highest BCUT2D eigenvalue weighted by Gasteiger charge is 2.26. The van der Waals surface area contributed by atoms with Crippen molar-refractivity contribution in [1.29, 1.82) is 0 Å². The molecule has 104 valence electrons. The molecule has 0 N–H and O–H groups in total. The molecule has 0 saturated heterocycles. The molecule has 0 heterocycles. The van der Waals surface area contributed by atoms with Crippen LogP contribution in [-0.2, 0) is 0 Å². The molecule has 0 amide bonds. The van der Waals surface area contributed by atoms with Gasteiger partial charge < -0.3 is 0 Å². The molecular weight excluding hydrogens is 277 g/mol. The number of halogens is 5. The number of rotatable bonds is 2. The Bertz CT molecular complexity index is 651. The highest BCUT2D eigenvalue weighted by Crippen LogP contribution is 2.24. The second kappa shape index (κ2) is 5.40. The van der Waals surface area contributed by atoms with E-state index in [1.165, 1.54) is 19.1 Å². The van der Waals surface area contributed by atoms with E-state index >= 15 is 0 Å². The van der Waals surface area contributed by atoms with Crippen LogP contribution < -0.4 is 0 Å². The van der Waals surface area contributed by atoms with Crippen LogP contribution in [-0.4, -0.2) is 5.71 Å². The summed E-state index contributed by atoms with van der Waals surface area (Å²) in [6, 6.07) is 8.03. The van der Waals surface area contributed by atoms with Crippen molar-refractivity contribution < 1.29 is 22.0 Å². The van der Waals surface area contributed by atoms with E-state index in [0.29, 0.717) is 5.69 Å². The molecule has 0 saturated carbocycles. The van der Waals surface area contributed by atoms with E-state index in [1.54, 1.807) is 18.2 Å². The van der Waals surface area contributed by atoms with Gasteiger partial charge in [-0.25, -0.2) is 22.0 Å². The van der Waals surface area contributed by atoms with Crippen LogP contribution in [0.4, 0.5) is 27.6 Å². The van der Waals surface area contributed by atoms with Gasteiger partial charge in [0, 0.05) is 0 Å². The number of benzene rings is 2. The van der Waals surface area contributed by atoms with E-state index in [0.717, 1.165) is 0 Å². The molecule has 0 fully saturated rings. The van der Waals surface area contributed by atoms with Crippen LogP contribution in [0.15, 0.2) is 35.3 Å². The third kappa shape index (κ3) is 2.41. The SMILES string of the molecule is CC(=Nc1ccccc1)c1c(F)c(F)c(F)c(F)c1F. The summed E-state index contributed by atoms with van der Waals surface area (Å²) in [5.41, 5.74) is -0.983. The van der Waals surface area contributed by atoms with Crippen molar-refractivity contribution >= 4 is 11.4 Å². The van der Waals surface area contributed by atoms with Gasteiger partial charge in [-0.1, -0.05) is 18.2 Å². The standard InChI is InChI=1S/C14H8F5N/c1-7(20-8-5-3-2-4-6-8)9-10(15)12(17)14(19)13(18)11(9)16/h2-6H,1H3. The van der Waals surface area contributed by atoms with Gasteiger partial charge in [-0.2, -0.15) is 0 Å². The van der Waals surface area contributed by atoms with Crippen molar-refractivity contribution in [2.45, 2.75) is 6.92 Å². The highest BCUT2D eigenvalue weighted by atomic mass is 19.2. The second-order valence-electron chi connectivity index (χ2n) is 3.98. The minimum Gasteiger partial charge on any atom is -0.253 e. The zero-order chi connectivity index (χ0) is 14.9. The third-order valence-corrected chi connectivity index (χ3v) is 2.62. The second-order valence-corrected chi connectivity index (χ2v) is 3.98. The predicted octanol–water partition coefficient (Wildman–Crippen LogP) is 4.52. The van der Waals surface area contributed by atoms with Crippen LogP contribution in [0.2, 0.25) is 0 Å². The van der Waals surface area contributed by atoms with E-state index in [-0.39, 0.29) is 5.71 Å². The Balaban J connectivity index is 2.62. The lowest BCUT2D eigenvalue weighted by Crippen LogP contribution is -2.11. The lowest BCUT2D eigenvalue weighted by atomic mass is 10.1. The summed E-state index contributed by atoms with van der Waals surface area (Å²) in [7, 11) is 0. The fourth-order valence-electron chi connectivity index (χ4n) is 1.67. The topological polar surface area (TPSA) is 12.4 Å². The zero-order valence-corrected chi connectivity index (χ0v) is 10.2. The summed E-state index contributed by atoms with van der Waals surface area (Å²) in [5, 5.41) is 0. The average molecular weight is 285 g/mol. The summed E-state index contributed by atoms with van der Waals surface area (Å²) in [6.07, 6.45) is 0. The van der Waals surface area contributed by atoms with Crippen LogP contribution in [0.5, 0.6) is 0 Å². The Morgan fingerprint density at radius 3 is 1.70 bits per heavy atom. The fourth-order valence-corrected chi connectivity index (χ4v) is 1.67. The monoisotopic (exact) mass is 285 g/mol. The average Bonchev–Trinajstić information content (AvgIpc) is 2.44. The maximum absolute atomic E-state index is 13.6. The summed E-state index contributed by atoms with van der Waals surface area (Å²) in [6.45, 7) is 1.17. The van der Waals surface area contributed by atoms with Crippen LogP contribution in [0.3, 0.4) is 0 Å². The molecule has 0 unspecified atom stereocenters. The summed E-state index contributed by atoms with van der Waals surface area (Å²) in [5.74, 6) is -9.93. The van der Waals surface area contributed by atoms with Crippen molar-refractivity contribution in [3.05, 3.63) is 65.0 Å². The van der Waals surface area contributed by atoms with Gasteiger partial charge in [0.1, 0.15) is 0 Å². The molecule has 2 rings (SSSR count). The normalized spacial score (nSPS) is 11.8. The van der Waals surface area contributed by atoms with Gasteiger partial charge >= 0.3 is 0 Å². The first-order chi connectivity index (χ1) is 9.43. The molecule has 0 aliphatic carbocycles. The van der Waals surface area contributed by atoms with Gasteiger partial charge in [0.25, 0.3) is 0 Å². The lowest BCUT2D eigenvalue weighted by molar-refractivity contribution is 0.377. The zero-order valence-electron chi connectivity index (χ0n) is 10.2. The van der Waals surface area contributed by atoms with Crippen molar-refractivity contribution in [1.82, 2.24) is 0 Å². The minimum atomic E-state index is -2.18. The van der Waals surface area contributed by atoms with E-state index < -0.39 is 34.6 Å². The van der Waals surface area contributed by atoms with E-state index in [1.807, 2.05) is 0 Å². The Morgan fingerprint density at radius 2 is 1.20 bits per heavy atom. The molecular formula is C14H8F5N. The summed E-state index contributed by atoms with van der Waals surface area (Å²) < 4.78 is 66.2. The Hall–Kier alpha value is -2.24. The van der Waals surface area contributed by atoms with Crippen molar-refractivity contribution in [2.75, 3.05) is 0 Å². The predicted molar refractivity (Wildman–Crippen MR) is 64.5 cm³/mol. The quantitative estimate of drug-likeness (QED) is 0.333. The maximum atomic E-state index is 13.6. The molecule has 0 spiro atoms. The van der Waals surface area contributed by atoms with Crippen LogP contribution >= 0.6 is 0 Å². The van der Waals surface area contributed by atoms with E-state index in [9.17, 15) is 22.0 Å². The molecule has 20 heavy (non-hydrogen) atoms. The number of hydrogen-bond acceptors (Lipinski definition) is 1. The number of hydrogen-bond donors (Lipinski definition) is 0. The largest absolute Gasteiger partial charge is 0.253 e. The lowest BCUT2D eigenvalue weighted by Gasteiger charge is -2.08. The molecule has 0 radical (unpaired) electrons. The van der Waals surface area contributed by atoms with Gasteiger partial charge in [0.05, 0.1) is 17.0 Å². The molecule has 0 aliphatic heterocycles. The number of para-hydroxylation sites is 1. The van der Waals surface area contributed by atoms with Gasteiger partial charge in [-0.15, -0.1) is 0 Å². The first kappa shape index (κ1) is 14.2. The molecule has 0 bridgehead atoms. The van der Waals surface area contributed by atoms with E-state index in [2.05, 4.69) is 4.99 Å². The van der Waals surface area contributed by atoms with Crippen LogP contribution in [0.25, 0.3) is 0 Å². The fraction of sp³-hybridized carbons (Fsp3) is 0.0714. The molecule has 1 nitrogen and oxygen atoms in total. The van der Waals surface area contributed by atoms with Crippen molar-refractivity contribution in [2.24, 2.45) is 4.99 Å². The first-order valence-corrected chi connectivity index (χ1v) is 5.55. The van der Waals surface area contributed by atoms with Gasteiger partial charge in [0.2, 0.25) is 5.82 Å². The summed E-state index contributed by atoms with van der Waals surface area (Å²) in [4.78, 5) is 3.84. The van der Waals surface area contributed by atoms with Crippen molar-refractivity contribution in [3.8, 4) is 0 Å². The Labute approximate surface area is 111 Å². The maximum Gasteiger partial charge on any atom is 0.200 e.